The number of hydrogen-bond acceptors (Lipinski definition) is 5. The number of β-amino-alcohol motifs (C(OH)–C–C–N with tert-alkyl or cyclic N) is 1. The fourth-order valence-corrected chi connectivity index (χ4v) is 7.76. The average Bonchev–Trinajstić information content (AvgIpc) is 3.57. The Labute approximate surface area is 248 Å². The maximum atomic E-state index is 13.8. The normalized spacial score (nSPS) is 22.7. The first-order valence-corrected chi connectivity index (χ1v) is 15.9. The van der Waals surface area contributed by atoms with Crippen molar-refractivity contribution in [2.24, 2.45) is 5.92 Å². The third kappa shape index (κ3) is 5.24. The topological polar surface area (TPSA) is 84.4 Å². The van der Waals surface area contributed by atoms with Crippen molar-refractivity contribution in [2.75, 3.05) is 52.4 Å². The Morgan fingerprint density at radius 2 is 1.64 bits per heavy atom. The first-order chi connectivity index (χ1) is 20.4. The van der Waals surface area contributed by atoms with E-state index >= 15 is 0 Å². The zero-order chi connectivity index (χ0) is 28.8. The van der Waals surface area contributed by atoms with Gasteiger partial charge in [0.25, 0.3) is 11.8 Å². The molecule has 0 aromatic heterocycles. The highest BCUT2D eigenvalue weighted by molar-refractivity contribution is 6.02. The van der Waals surface area contributed by atoms with E-state index in [9.17, 15) is 19.5 Å². The highest BCUT2D eigenvalue weighted by atomic mass is 16.3. The molecule has 2 aromatic rings. The molecule has 1 atom stereocenters. The van der Waals surface area contributed by atoms with Crippen LogP contribution in [0, 0.1) is 5.92 Å². The molecule has 5 aliphatic rings. The quantitative estimate of drug-likeness (QED) is 0.577. The molecule has 1 spiro atoms. The van der Waals surface area contributed by atoms with Crippen LogP contribution in [-0.4, -0.2) is 101 Å². The predicted molar refractivity (Wildman–Crippen MR) is 159 cm³/mol. The molecule has 1 saturated carbocycles. The van der Waals surface area contributed by atoms with Gasteiger partial charge < -0.3 is 19.8 Å². The molecule has 7 rings (SSSR count). The van der Waals surface area contributed by atoms with Crippen molar-refractivity contribution in [1.29, 1.82) is 0 Å². The SMILES string of the molecule is O=C(c1ccc2c(c1)C(=O)N(C[C@H](O)CN1CCc3ccccc3C1)CC21CC1)N1CCC(C(=O)N2CCCC2)CC1. The highest BCUT2D eigenvalue weighted by Gasteiger charge is 2.51. The molecule has 8 heteroatoms. The molecular weight excluding hydrogens is 528 g/mol. The Bertz CT molecular complexity index is 1370. The molecule has 3 amide bonds. The standard InChI is InChI=1S/C34H42N4O4/c39-28(21-35-16-9-24-5-1-2-6-27(24)20-35)22-38-23-34(12-13-34)30-8-7-26(19-29(30)33(38)42)32(41)37-17-10-25(11-18-37)31(40)36-14-3-4-15-36/h1-2,5-8,19,25,28,39H,3-4,9-18,20-23H2/t28-/m1/s1. The van der Waals surface area contributed by atoms with Crippen LogP contribution < -0.4 is 0 Å². The predicted octanol–water partition coefficient (Wildman–Crippen LogP) is 3.07. The summed E-state index contributed by atoms with van der Waals surface area (Å²) < 4.78 is 0. The minimum absolute atomic E-state index is 0.00616. The van der Waals surface area contributed by atoms with Gasteiger partial charge in [0, 0.05) is 81.4 Å². The van der Waals surface area contributed by atoms with E-state index in [0.717, 1.165) is 63.8 Å². The van der Waals surface area contributed by atoms with Crippen LogP contribution in [0.3, 0.4) is 0 Å². The van der Waals surface area contributed by atoms with Crippen LogP contribution in [0.1, 0.15) is 75.9 Å². The lowest BCUT2D eigenvalue weighted by molar-refractivity contribution is -0.135. The minimum atomic E-state index is -0.633. The summed E-state index contributed by atoms with van der Waals surface area (Å²) in [4.78, 5) is 48.0. The van der Waals surface area contributed by atoms with Crippen LogP contribution in [0.15, 0.2) is 42.5 Å². The van der Waals surface area contributed by atoms with Crippen molar-refractivity contribution in [2.45, 2.75) is 63.0 Å². The maximum absolute atomic E-state index is 13.8. The third-order valence-corrected chi connectivity index (χ3v) is 10.4. The van der Waals surface area contributed by atoms with Gasteiger partial charge in [-0.3, -0.25) is 19.3 Å². The second-order valence-corrected chi connectivity index (χ2v) is 13.2. The molecule has 8 nitrogen and oxygen atoms in total. The molecule has 0 bridgehead atoms. The second kappa shape index (κ2) is 11.1. The summed E-state index contributed by atoms with van der Waals surface area (Å²) in [6.07, 6.45) is 5.96. The molecule has 42 heavy (non-hydrogen) atoms. The molecule has 222 valence electrons. The van der Waals surface area contributed by atoms with Crippen LogP contribution in [0.25, 0.3) is 0 Å². The van der Waals surface area contributed by atoms with Crippen LogP contribution in [0.4, 0.5) is 0 Å². The third-order valence-electron chi connectivity index (χ3n) is 10.4. The van der Waals surface area contributed by atoms with Gasteiger partial charge in [0.2, 0.25) is 5.91 Å². The van der Waals surface area contributed by atoms with Crippen molar-refractivity contribution in [3.05, 3.63) is 70.3 Å². The van der Waals surface area contributed by atoms with Crippen LogP contribution in [0.2, 0.25) is 0 Å². The van der Waals surface area contributed by atoms with E-state index < -0.39 is 6.10 Å². The Hall–Kier alpha value is -3.23. The summed E-state index contributed by atoms with van der Waals surface area (Å²) in [5.41, 5.74) is 4.85. The Morgan fingerprint density at radius 1 is 0.905 bits per heavy atom. The fraction of sp³-hybridized carbons (Fsp3) is 0.559. The van der Waals surface area contributed by atoms with E-state index in [0.29, 0.717) is 56.7 Å². The summed E-state index contributed by atoms with van der Waals surface area (Å²) in [6.45, 7) is 6.06. The van der Waals surface area contributed by atoms with Crippen LogP contribution in [0.5, 0.6) is 0 Å². The Balaban J connectivity index is 1.000. The van der Waals surface area contributed by atoms with Gasteiger partial charge in [0.15, 0.2) is 0 Å². The van der Waals surface area contributed by atoms with Crippen molar-refractivity contribution in [1.82, 2.24) is 19.6 Å². The van der Waals surface area contributed by atoms with Gasteiger partial charge >= 0.3 is 0 Å². The number of amides is 3. The van der Waals surface area contributed by atoms with Crippen molar-refractivity contribution in [3.63, 3.8) is 0 Å². The number of aliphatic hydroxyl groups excluding tert-OH is 1. The summed E-state index contributed by atoms with van der Waals surface area (Å²) >= 11 is 0. The zero-order valence-electron chi connectivity index (χ0n) is 24.5. The highest BCUT2D eigenvalue weighted by Crippen LogP contribution is 2.52. The first kappa shape index (κ1) is 27.6. The summed E-state index contributed by atoms with van der Waals surface area (Å²) in [5, 5.41) is 11.1. The van der Waals surface area contributed by atoms with E-state index in [4.69, 9.17) is 0 Å². The van der Waals surface area contributed by atoms with Gasteiger partial charge in [0.1, 0.15) is 0 Å². The van der Waals surface area contributed by atoms with Crippen molar-refractivity contribution < 1.29 is 19.5 Å². The molecular formula is C34H42N4O4. The van der Waals surface area contributed by atoms with Gasteiger partial charge in [-0.05, 0) is 73.8 Å². The van der Waals surface area contributed by atoms with E-state index in [-0.39, 0.29) is 29.1 Å². The Morgan fingerprint density at radius 3 is 2.38 bits per heavy atom. The first-order valence-electron chi connectivity index (χ1n) is 15.9. The molecule has 2 saturated heterocycles. The van der Waals surface area contributed by atoms with Crippen molar-refractivity contribution >= 4 is 17.7 Å². The number of rotatable bonds is 6. The van der Waals surface area contributed by atoms with Gasteiger partial charge in [0.05, 0.1) is 6.10 Å². The minimum Gasteiger partial charge on any atom is -0.390 e. The van der Waals surface area contributed by atoms with Gasteiger partial charge in [-0.25, -0.2) is 0 Å². The summed E-state index contributed by atoms with van der Waals surface area (Å²) in [5.74, 6) is 0.105. The van der Waals surface area contributed by atoms with Crippen molar-refractivity contribution in [3.8, 4) is 0 Å². The van der Waals surface area contributed by atoms with Gasteiger partial charge in [-0.2, -0.15) is 0 Å². The number of carbonyl (C=O) groups excluding carboxylic acids is 3. The van der Waals surface area contributed by atoms with Gasteiger partial charge in [-0.15, -0.1) is 0 Å². The largest absolute Gasteiger partial charge is 0.390 e. The molecule has 0 radical (unpaired) electrons. The summed E-state index contributed by atoms with van der Waals surface area (Å²) in [6, 6.07) is 14.2. The number of fused-ring (bicyclic) bond motifs is 3. The van der Waals surface area contributed by atoms with E-state index in [1.54, 1.807) is 6.07 Å². The average molecular weight is 571 g/mol. The van der Waals surface area contributed by atoms with Crippen LogP contribution in [-0.2, 0) is 23.2 Å². The molecule has 4 aliphatic heterocycles. The molecule has 4 heterocycles. The lowest BCUT2D eigenvalue weighted by atomic mass is 9.85. The fourth-order valence-electron chi connectivity index (χ4n) is 7.76. The summed E-state index contributed by atoms with van der Waals surface area (Å²) in [7, 11) is 0. The smallest absolute Gasteiger partial charge is 0.254 e. The Kier molecular flexibility index (Phi) is 7.31. The number of hydrogen-bond donors (Lipinski definition) is 1. The molecule has 1 aliphatic carbocycles. The van der Waals surface area contributed by atoms with E-state index in [1.807, 2.05) is 26.8 Å². The number of carbonyl (C=O) groups is 3. The molecule has 0 unspecified atom stereocenters. The molecule has 2 aromatic carbocycles. The number of likely N-dealkylation sites (tertiary alicyclic amines) is 2. The van der Waals surface area contributed by atoms with Crippen LogP contribution >= 0.6 is 0 Å². The van der Waals surface area contributed by atoms with Gasteiger partial charge in [-0.1, -0.05) is 30.3 Å². The lowest BCUT2D eigenvalue weighted by Crippen LogP contribution is -2.49. The monoisotopic (exact) mass is 570 g/mol. The number of piperidine rings is 1. The second-order valence-electron chi connectivity index (χ2n) is 13.2. The lowest BCUT2D eigenvalue weighted by Gasteiger charge is -2.37. The maximum Gasteiger partial charge on any atom is 0.254 e. The van der Waals surface area contributed by atoms with E-state index in [1.165, 1.54) is 11.1 Å². The number of benzene rings is 2. The zero-order valence-corrected chi connectivity index (χ0v) is 24.5. The number of nitrogens with zero attached hydrogens (tertiary/aromatic N) is 4. The molecule has 3 fully saturated rings. The molecule has 1 N–H and O–H groups in total. The van der Waals surface area contributed by atoms with E-state index in [2.05, 4.69) is 29.2 Å². The number of aliphatic hydroxyl groups is 1.